The van der Waals surface area contributed by atoms with Crippen molar-refractivity contribution in [3.8, 4) is 0 Å². The van der Waals surface area contributed by atoms with Gasteiger partial charge in [0.05, 0.1) is 0 Å². The van der Waals surface area contributed by atoms with Crippen LogP contribution in [0.4, 0.5) is 10.1 Å². The normalized spacial score (nSPS) is 19.8. The number of nitrogens with two attached hydrogens (primary N) is 1. The second kappa shape index (κ2) is 3.99. The minimum Gasteiger partial charge on any atom is -0.399 e. The van der Waals surface area contributed by atoms with E-state index in [4.69, 9.17) is 5.73 Å². The van der Waals surface area contributed by atoms with Crippen molar-refractivity contribution in [2.75, 3.05) is 5.73 Å². The Morgan fingerprint density at radius 1 is 1.29 bits per heavy atom. The molecule has 0 aliphatic heterocycles. The molecule has 2 N–H and O–H groups in total. The molecule has 0 radical (unpaired) electrons. The highest BCUT2D eigenvalue weighted by Crippen LogP contribution is 2.38. The Hall–Kier alpha value is -1.05. The molecule has 0 aromatic heterocycles. The van der Waals surface area contributed by atoms with E-state index < -0.39 is 6.17 Å². The van der Waals surface area contributed by atoms with Gasteiger partial charge in [0.25, 0.3) is 0 Å². The van der Waals surface area contributed by atoms with Gasteiger partial charge in [-0.25, -0.2) is 4.39 Å². The largest absolute Gasteiger partial charge is 0.399 e. The van der Waals surface area contributed by atoms with Crippen LogP contribution in [0.1, 0.15) is 37.4 Å². The van der Waals surface area contributed by atoms with E-state index in [1.807, 2.05) is 12.1 Å². The lowest BCUT2D eigenvalue weighted by molar-refractivity contribution is 0.235. The maximum absolute atomic E-state index is 14.0. The summed E-state index contributed by atoms with van der Waals surface area (Å²) in [6.07, 6.45) is 3.58. The molecule has 1 aliphatic rings. The Morgan fingerprint density at radius 2 is 2.00 bits per heavy atom. The first kappa shape index (κ1) is 9.50. The molecule has 0 amide bonds. The number of anilines is 1. The van der Waals surface area contributed by atoms with E-state index in [2.05, 4.69) is 0 Å². The van der Waals surface area contributed by atoms with Gasteiger partial charge in [0.15, 0.2) is 0 Å². The molecule has 0 heterocycles. The quantitative estimate of drug-likeness (QED) is 0.715. The van der Waals surface area contributed by atoms with Crippen molar-refractivity contribution in [3.05, 3.63) is 29.8 Å². The first-order valence-electron chi connectivity index (χ1n) is 5.27. The van der Waals surface area contributed by atoms with Gasteiger partial charge in [0.1, 0.15) is 6.17 Å². The number of benzene rings is 1. The Labute approximate surface area is 84.1 Å². The van der Waals surface area contributed by atoms with Gasteiger partial charge in [-0.3, -0.25) is 0 Å². The summed E-state index contributed by atoms with van der Waals surface area (Å²) >= 11 is 0. The molecule has 14 heavy (non-hydrogen) atoms. The molecule has 1 unspecified atom stereocenters. The molecule has 1 aliphatic carbocycles. The van der Waals surface area contributed by atoms with Crippen molar-refractivity contribution in [3.63, 3.8) is 0 Å². The van der Waals surface area contributed by atoms with Crippen molar-refractivity contribution in [2.45, 2.75) is 31.9 Å². The third-order valence-corrected chi connectivity index (χ3v) is 3.04. The van der Waals surface area contributed by atoms with Crippen LogP contribution < -0.4 is 5.73 Å². The van der Waals surface area contributed by atoms with Gasteiger partial charge in [-0.05, 0) is 36.5 Å². The molecule has 1 fully saturated rings. The summed E-state index contributed by atoms with van der Waals surface area (Å²) in [5.41, 5.74) is 7.03. The van der Waals surface area contributed by atoms with E-state index in [0.29, 0.717) is 5.69 Å². The fourth-order valence-corrected chi connectivity index (χ4v) is 2.25. The highest BCUT2D eigenvalue weighted by Gasteiger charge is 2.25. The highest BCUT2D eigenvalue weighted by atomic mass is 19.1. The average molecular weight is 193 g/mol. The van der Waals surface area contributed by atoms with E-state index in [1.54, 1.807) is 12.1 Å². The van der Waals surface area contributed by atoms with Gasteiger partial charge in [-0.15, -0.1) is 0 Å². The van der Waals surface area contributed by atoms with Crippen LogP contribution in [-0.2, 0) is 0 Å². The molecule has 76 valence electrons. The maximum atomic E-state index is 14.0. The van der Waals surface area contributed by atoms with Gasteiger partial charge >= 0.3 is 0 Å². The van der Waals surface area contributed by atoms with E-state index in [9.17, 15) is 4.39 Å². The molecule has 0 spiro atoms. The van der Waals surface area contributed by atoms with Crippen molar-refractivity contribution in [1.29, 1.82) is 0 Å². The minimum absolute atomic E-state index is 0.219. The van der Waals surface area contributed by atoms with E-state index in [-0.39, 0.29) is 5.92 Å². The topological polar surface area (TPSA) is 26.0 Å². The molecule has 2 rings (SSSR count). The molecule has 0 bridgehead atoms. The summed E-state index contributed by atoms with van der Waals surface area (Å²) in [5.74, 6) is 0.219. The van der Waals surface area contributed by atoms with Crippen LogP contribution in [0.15, 0.2) is 24.3 Å². The average Bonchev–Trinajstić information content (AvgIpc) is 2.69. The van der Waals surface area contributed by atoms with Crippen LogP contribution in [0.5, 0.6) is 0 Å². The van der Waals surface area contributed by atoms with Gasteiger partial charge in [0, 0.05) is 5.69 Å². The highest BCUT2D eigenvalue weighted by molar-refractivity contribution is 5.41. The van der Waals surface area contributed by atoms with Gasteiger partial charge in [-0.2, -0.15) is 0 Å². The molecule has 1 atom stereocenters. The van der Waals surface area contributed by atoms with Gasteiger partial charge in [-0.1, -0.05) is 25.0 Å². The Kier molecular flexibility index (Phi) is 2.71. The summed E-state index contributed by atoms with van der Waals surface area (Å²) in [6, 6.07) is 7.21. The predicted molar refractivity (Wildman–Crippen MR) is 56.7 cm³/mol. The van der Waals surface area contributed by atoms with Crippen molar-refractivity contribution >= 4 is 5.69 Å². The Bertz CT molecular complexity index is 305. The fourth-order valence-electron chi connectivity index (χ4n) is 2.25. The molecule has 1 aromatic carbocycles. The molecular formula is C12H16FN. The monoisotopic (exact) mass is 193 g/mol. The Morgan fingerprint density at radius 3 is 2.64 bits per heavy atom. The SMILES string of the molecule is Nc1cccc(C(F)C2CCCC2)c1. The zero-order valence-electron chi connectivity index (χ0n) is 8.25. The van der Waals surface area contributed by atoms with E-state index >= 15 is 0 Å². The number of hydrogen-bond donors (Lipinski definition) is 1. The number of nitrogen functional groups attached to an aromatic ring is 1. The van der Waals surface area contributed by atoms with E-state index in [1.165, 1.54) is 12.8 Å². The molecule has 1 nitrogen and oxygen atoms in total. The van der Waals surface area contributed by atoms with E-state index in [0.717, 1.165) is 18.4 Å². The summed E-state index contributed by atoms with van der Waals surface area (Å²) in [4.78, 5) is 0. The molecular weight excluding hydrogens is 177 g/mol. The first-order valence-corrected chi connectivity index (χ1v) is 5.27. The number of alkyl halides is 1. The third kappa shape index (κ3) is 1.89. The van der Waals surface area contributed by atoms with Crippen LogP contribution in [0.2, 0.25) is 0 Å². The van der Waals surface area contributed by atoms with Crippen LogP contribution >= 0.6 is 0 Å². The van der Waals surface area contributed by atoms with Crippen LogP contribution in [-0.4, -0.2) is 0 Å². The fraction of sp³-hybridized carbons (Fsp3) is 0.500. The number of hydrogen-bond acceptors (Lipinski definition) is 1. The smallest absolute Gasteiger partial charge is 0.128 e. The summed E-state index contributed by atoms with van der Waals surface area (Å²) in [5, 5.41) is 0. The van der Waals surface area contributed by atoms with Crippen molar-refractivity contribution < 1.29 is 4.39 Å². The molecule has 1 aromatic rings. The summed E-state index contributed by atoms with van der Waals surface area (Å²) < 4.78 is 14.0. The van der Waals surface area contributed by atoms with Crippen LogP contribution in [0, 0.1) is 5.92 Å². The lowest BCUT2D eigenvalue weighted by atomic mass is 9.95. The molecule has 2 heteroatoms. The maximum Gasteiger partial charge on any atom is 0.128 e. The lowest BCUT2D eigenvalue weighted by Crippen LogP contribution is -2.04. The van der Waals surface area contributed by atoms with Gasteiger partial charge < -0.3 is 5.73 Å². The molecule has 1 saturated carbocycles. The third-order valence-electron chi connectivity index (χ3n) is 3.04. The first-order chi connectivity index (χ1) is 6.77. The predicted octanol–water partition coefficient (Wildman–Crippen LogP) is 3.47. The summed E-state index contributed by atoms with van der Waals surface area (Å²) in [7, 11) is 0. The zero-order valence-corrected chi connectivity index (χ0v) is 8.25. The van der Waals surface area contributed by atoms with Crippen LogP contribution in [0.25, 0.3) is 0 Å². The van der Waals surface area contributed by atoms with Crippen molar-refractivity contribution in [1.82, 2.24) is 0 Å². The zero-order chi connectivity index (χ0) is 9.97. The van der Waals surface area contributed by atoms with Crippen LogP contribution in [0.3, 0.4) is 0 Å². The minimum atomic E-state index is -0.819. The second-order valence-electron chi connectivity index (χ2n) is 4.12. The summed E-state index contributed by atoms with van der Waals surface area (Å²) in [6.45, 7) is 0. The standard InChI is InChI=1S/C12H16FN/c13-12(9-4-1-2-5-9)10-6-3-7-11(14)8-10/h3,6-9,12H,1-2,4-5,14H2. The number of halogens is 1. The van der Waals surface area contributed by atoms with Gasteiger partial charge in [0.2, 0.25) is 0 Å². The lowest BCUT2D eigenvalue weighted by Gasteiger charge is -2.15. The number of rotatable bonds is 2. The molecule has 0 saturated heterocycles. The second-order valence-corrected chi connectivity index (χ2v) is 4.12. The van der Waals surface area contributed by atoms with Crippen molar-refractivity contribution in [2.24, 2.45) is 5.92 Å². The Balaban J connectivity index is 2.13.